The summed E-state index contributed by atoms with van der Waals surface area (Å²) in [5, 5.41) is 25.6. The molecule has 0 saturated heterocycles. The summed E-state index contributed by atoms with van der Waals surface area (Å²) in [5.41, 5.74) is 4.93. The molecule has 170 valence electrons. The number of carbonyl (C=O) groups excluding carboxylic acids is 1. The number of ether oxygens (including phenoxy) is 1. The van der Waals surface area contributed by atoms with Gasteiger partial charge in [0.15, 0.2) is 0 Å². The number of carbonyl (C=O) groups is 1. The molecule has 3 rings (SSSR count). The van der Waals surface area contributed by atoms with Gasteiger partial charge in [-0.05, 0) is 23.8 Å². The van der Waals surface area contributed by atoms with Crippen molar-refractivity contribution >= 4 is 46.2 Å². The molecule has 0 aliphatic carbocycles. The van der Waals surface area contributed by atoms with Gasteiger partial charge < -0.3 is 10.1 Å². The number of amides is 1. The van der Waals surface area contributed by atoms with E-state index in [0.717, 1.165) is 6.33 Å². The third-order valence-electron chi connectivity index (χ3n) is 4.25. The highest BCUT2D eigenvalue weighted by Gasteiger charge is 2.24. The van der Waals surface area contributed by atoms with E-state index in [0.29, 0.717) is 22.0 Å². The van der Waals surface area contributed by atoms with Crippen LogP contribution < -0.4 is 20.9 Å². The van der Waals surface area contributed by atoms with Crippen molar-refractivity contribution in [3.8, 4) is 5.75 Å². The van der Waals surface area contributed by atoms with Crippen molar-refractivity contribution in [1.82, 2.24) is 15.4 Å². The van der Waals surface area contributed by atoms with Gasteiger partial charge in [0.2, 0.25) is 17.5 Å². The fraction of sp³-hybridized carbons (Fsp3) is 0.105. The van der Waals surface area contributed by atoms with Crippen LogP contribution in [0, 0.1) is 20.2 Å². The number of methoxy groups -OCH3 is 1. The monoisotopic (exact) mass is 473 g/mol. The van der Waals surface area contributed by atoms with Gasteiger partial charge in [-0.2, -0.15) is 0 Å². The second kappa shape index (κ2) is 10.2. The zero-order valence-corrected chi connectivity index (χ0v) is 17.7. The third-order valence-corrected chi connectivity index (χ3v) is 4.49. The molecule has 0 aliphatic rings. The molecule has 0 aliphatic heterocycles. The van der Waals surface area contributed by atoms with Crippen LogP contribution >= 0.6 is 11.6 Å². The molecule has 0 fully saturated rings. The molecule has 0 atom stereocenters. The maximum absolute atomic E-state index is 12.2. The standard InChI is InChI=1S/C19H16ClN7O6/c1-33-15-7-4-12(20)9-14(15)23-18-17(27(31)32)19(22-10-21-18)25-24-16(28)8-11-2-5-13(6-3-11)26(29)30/h2-7,9-10H,8H2,1H3,(H,24,28)(H2,21,22,23,25). The van der Waals surface area contributed by atoms with E-state index >= 15 is 0 Å². The van der Waals surface area contributed by atoms with Gasteiger partial charge in [0, 0.05) is 17.2 Å². The predicted molar refractivity (Wildman–Crippen MR) is 119 cm³/mol. The maximum Gasteiger partial charge on any atom is 0.355 e. The minimum absolute atomic E-state index is 0.106. The summed E-state index contributed by atoms with van der Waals surface area (Å²) < 4.78 is 5.21. The maximum atomic E-state index is 12.2. The van der Waals surface area contributed by atoms with E-state index in [9.17, 15) is 25.0 Å². The van der Waals surface area contributed by atoms with E-state index in [1.165, 1.54) is 37.4 Å². The van der Waals surface area contributed by atoms with Gasteiger partial charge in [0.05, 0.1) is 29.1 Å². The summed E-state index contributed by atoms with van der Waals surface area (Å²) in [7, 11) is 1.43. The highest BCUT2D eigenvalue weighted by Crippen LogP contribution is 2.35. The Hall–Kier alpha value is -4.52. The normalized spacial score (nSPS) is 10.2. The fourth-order valence-corrected chi connectivity index (χ4v) is 2.91. The number of nitrogens with one attached hydrogen (secondary N) is 3. The lowest BCUT2D eigenvalue weighted by molar-refractivity contribution is -0.384. The van der Waals surface area contributed by atoms with E-state index in [-0.39, 0.29) is 23.7 Å². The van der Waals surface area contributed by atoms with Crippen molar-refractivity contribution in [2.75, 3.05) is 17.9 Å². The number of aromatic nitrogens is 2. The molecule has 3 aromatic rings. The number of hydrogen-bond donors (Lipinski definition) is 3. The van der Waals surface area contributed by atoms with Crippen LogP contribution in [-0.4, -0.2) is 32.8 Å². The Morgan fingerprint density at radius 2 is 1.76 bits per heavy atom. The Balaban J connectivity index is 1.76. The molecule has 3 N–H and O–H groups in total. The Labute approximate surface area is 191 Å². The second-order valence-electron chi connectivity index (χ2n) is 6.42. The topological polar surface area (TPSA) is 174 Å². The minimum atomic E-state index is -0.718. The van der Waals surface area contributed by atoms with Crippen LogP contribution in [0.3, 0.4) is 0 Å². The predicted octanol–water partition coefficient (Wildman–Crippen LogP) is 3.38. The lowest BCUT2D eigenvalue weighted by atomic mass is 10.1. The number of rotatable bonds is 9. The van der Waals surface area contributed by atoms with Crippen LogP contribution in [0.1, 0.15) is 5.56 Å². The van der Waals surface area contributed by atoms with Crippen LogP contribution in [0.25, 0.3) is 0 Å². The molecule has 1 heterocycles. The van der Waals surface area contributed by atoms with Crippen LogP contribution in [0.4, 0.5) is 28.7 Å². The molecule has 0 radical (unpaired) electrons. The molecule has 0 saturated carbocycles. The molecule has 0 spiro atoms. The van der Waals surface area contributed by atoms with Crippen molar-refractivity contribution < 1.29 is 19.4 Å². The molecule has 14 heteroatoms. The first-order chi connectivity index (χ1) is 15.8. The van der Waals surface area contributed by atoms with Crippen LogP contribution in [0.2, 0.25) is 5.02 Å². The highest BCUT2D eigenvalue weighted by atomic mass is 35.5. The molecule has 33 heavy (non-hydrogen) atoms. The average Bonchev–Trinajstić information content (AvgIpc) is 2.78. The Morgan fingerprint density at radius 3 is 2.39 bits per heavy atom. The number of non-ortho nitro benzene ring substituents is 1. The third kappa shape index (κ3) is 5.80. The molecule has 0 bridgehead atoms. The van der Waals surface area contributed by atoms with Gasteiger partial charge in [-0.25, -0.2) is 9.97 Å². The summed E-state index contributed by atoms with van der Waals surface area (Å²) in [4.78, 5) is 41.1. The van der Waals surface area contributed by atoms with Gasteiger partial charge in [0.25, 0.3) is 5.69 Å². The number of benzene rings is 2. The molecule has 1 amide bonds. The molecule has 13 nitrogen and oxygen atoms in total. The molecule has 2 aromatic carbocycles. The molecule has 0 unspecified atom stereocenters. The van der Waals surface area contributed by atoms with Crippen molar-refractivity contribution in [2.45, 2.75) is 6.42 Å². The first kappa shape index (κ1) is 23.1. The van der Waals surface area contributed by atoms with Crippen LogP contribution in [0.5, 0.6) is 5.75 Å². The lowest BCUT2D eigenvalue weighted by Crippen LogP contribution is -2.31. The minimum Gasteiger partial charge on any atom is -0.495 e. The van der Waals surface area contributed by atoms with Crippen molar-refractivity contribution in [1.29, 1.82) is 0 Å². The molecular weight excluding hydrogens is 458 g/mol. The Kier molecular flexibility index (Phi) is 7.15. The smallest absolute Gasteiger partial charge is 0.355 e. The largest absolute Gasteiger partial charge is 0.495 e. The molecular formula is C19H16ClN7O6. The highest BCUT2D eigenvalue weighted by molar-refractivity contribution is 6.31. The van der Waals surface area contributed by atoms with Gasteiger partial charge in [0.1, 0.15) is 12.1 Å². The number of nitro benzene ring substituents is 1. The first-order valence-electron chi connectivity index (χ1n) is 9.16. The molecule has 1 aromatic heterocycles. The van der Waals surface area contributed by atoms with E-state index in [4.69, 9.17) is 16.3 Å². The number of hydrazine groups is 1. The average molecular weight is 474 g/mol. The Bertz CT molecular complexity index is 1210. The number of halogens is 1. The zero-order valence-electron chi connectivity index (χ0n) is 16.9. The zero-order chi connectivity index (χ0) is 24.0. The lowest BCUT2D eigenvalue weighted by Gasteiger charge is -2.13. The summed E-state index contributed by atoms with van der Waals surface area (Å²) in [5.74, 6) is -0.612. The van der Waals surface area contributed by atoms with Crippen molar-refractivity contribution in [3.05, 3.63) is 79.6 Å². The Morgan fingerprint density at radius 1 is 1.06 bits per heavy atom. The van der Waals surface area contributed by atoms with E-state index in [1.54, 1.807) is 12.1 Å². The number of nitrogens with zero attached hydrogens (tertiary/aromatic N) is 4. The number of anilines is 3. The van der Waals surface area contributed by atoms with E-state index in [1.807, 2.05) is 0 Å². The van der Waals surface area contributed by atoms with Crippen molar-refractivity contribution in [3.63, 3.8) is 0 Å². The van der Waals surface area contributed by atoms with Crippen molar-refractivity contribution in [2.24, 2.45) is 0 Å². The summed E-state index contributed by atoms with van der Waals surface area (Å²) in [6.45, 7) is 0. The SMILES string of the molecule is COc1ccc(Cl)cc1Nc1ncnc(NNC(=O)Cc2ccc([N+](=O)[O-])cc2)c1[N+](=O)[O-]. The quantitative estimate of drug-likeness (QED) is 0.308. The van der Waals surface area contributed by atoms with E-state index < -0.39 is 21.4 Å². The fourth-order valence-electron chi connectivity index (χ4n) is 2.73. The first-order valence-corrected chi connectivity index (χ1v) is 9.54. The second-order valence-corrected chi connectivity index (χ2v) is 6.86. The number of nitro groups is 2. The summed E-state index contributed by atoms with van der Waals surface area (Å²) in [6.07, 6.45) is 0.936. The van der Waals surface area contributed by atoms with Gasteiger partial charge in [-0.1, -0.05) is 23.7 Å². The van der Waals surface area contributed by atoms with Gasteiger partial charge in [-0.15, -0.1) is 0 Å². The van der Waals surface area contributed by atoms with Gasteiger partial charge in [-0.3, -0.25) is 35.9 Å². The summed E-state index contributed by atoms with van der Waals surface area (Å²) >= 11 is 5.99. The number of hydrogen-bond acceptors (Lipinski definition) is 10. The van der Waals surface area contributed by atoms with E-state index in [2.05, 4.69) is 26.1 Å². The van der Waals surface area contributed by atoms with Crippen LogP contribution in [-0.2, 0) is 11.2 Å². The summed E-state index contributed by atoms with van der Waals surface area (Å²) in [6, 6.07) is 10.1. The van der Waals surface area contributed by atoms with Crippen LogP contribution in [0.15, 0.2) is 48.8 Å². The van der Waals surface area contributed by atoms with Gasteiger partial charge >= 0.3 is 5.69 Å².